The summed E-state index contributed by atoms with van der Waals surface area (Å²) in [6, 6.07) is 6.41. The Morgan fingerprint density at radius 3 is 2.89 bits per heavy atom. The molecule has 1 aliphatic rings. The lowest BCUT2D eigenvalue weighted by Gasteiger charge is -2.24. The Morgan fingerprint density at radius 1 is 1.50 bits per heavy atom. The molecule has 0 saturated carbocycles. The van der Waals surface area contributed by atoms with Crippen molar-refractivity contribution >= 4 is 24.0 Å². The predicted molar refractivity (Wildman–Crippen MR) is 78.0 cm³/mol. The van der Waals surface area contributed by atoms with Crippen molar-refractivity contribution in [3.05, 3.63) is 28.8 Å². The fraction of sp³-hybridized carbons (Fsp3) is 0.538. The highest BCUT2D eigenvalue weighted by Crippen LogP contribution is 2.24. The van der Waals surface area contributed by atoms with Crippen molar-refractivity contribution in [3.63, 3.8) is 0 Å². The van der Waals surface area contributed by atoms with Crippen molar-refractivity contribution in [2.75, 3.05) is 27.2 Å². The van der Waals surface area contributed by atoms with Crippen LogP contribution in [-0.4, -0.2) is 38.2 Å². The van der Waals surface area contributed by atoms with Crippen LogP contribution in [0.2, 0.25) is 5.02 Å². The second kappa shape index (κ2) is 7.19. The van der Waals surface area contributed by atoms with Gasteiger partial charge in [-0.05, 0) is 43.8 Å². The van der Waals surface area contributed by atoms with E-state index in [-0.39, 0.29) is 12.4 Å². The third-order valence-corrected chi connectivity index (χ3v) is 3.70. The molecular weight excluding hydrogens is 271 g/mol. The van der Waals surface area contributed by atoms with Crippen LogP contribution in [0.4, 0.5) is 0 Å². The van der Waals surface area contributed by atoms with Crippen molar-refractivity contribution in [2.24, 2.45) is 0 Å². The highest BCUT2D eigenvalue weighted by molar-refractivity contribution is 6.31. The summed E-state index contributed by atoms with van der Waals surface area (Å²) < 4.78 is 5.23. The molecule has 1 aromatic rings. The first-order valence-electron chi connectivity index (χ1n) is 5.94. The summed E-state index contributed by atoms with van der Waals surface area (Å²) in [6.45, 7) is 3.04. The van der Waals surface area contributed by atoms with Gasteiger partial charge in [-0.3, -0.25) is 4.90 Å². The molecule has 1 unspecified atom stereocenters. The summed E-state index contributed by atoms with van der Waals surface area (Å²) in [7, 11) is 3.82. The molecule has 0 aromatic heterocycles. The number of likely N-dealkylation sites (N-methyl/N-ethyl adjacent to an activating group) is 1. The van der Waals surface area contributed by atoms with Gasteiger partial charge >= 0.3 is 0 Å². The van der Waals surface area contributed by atoms with Crippen LogP contribution in [0.15, 0.2) is 18.2 Å². The highest BCUT2D eigenvalue weighted by atomic mass is 35.5. The van der Waals surface area contributed by atoms with Crippen molar-refractivity contribution in [3.8, 4) is 5.75 Å². The van der Waals surface area contributed by atoms with E-state index in [4.69, 9.17) is 16.3 Å². The standard InChI is InChI=1S/C13H19ClN2O.ClH/c1-16(11-5-6-15-8-11)9-10-7-12(17-2)3-4-13(10)14;/h3-4,7,11,15H,5-6,8-9H2,1-2H3;1H. The van der Waals surface area contributed by atoms with E-state index in [0.717, 1.165) is 36.0 Å². The van der Waals surface area contributed by atoms with Crippen LogP contribution >= 0.6 is 24.0 Å². The van der Waals surface area contributed by atoms with Crippen molar-refractivity contribution in [1.29, 1.82) is 0 Å². The van der Waals surface area contributed by atoms with Gasteiger partial charge in [0.15, 0.2) is 0 Å². The number of nitrogens with one attached hydrogen (secondary N) is 1. The van der Waals surface area contributed by atoms with Crippen molar-refractivity contribution in [2.45, 2.75) is 19.0 Å². The average Bonchev–Trinajstić information content (AvgIpc) is 2.85. The van der Waals surface area contributed by atoms with Crippen molar-refractivity contribution in [1.82, 2.24) is 10.2 Å². The van der Waals surface area contributed by atoms with E-state index in [0.29, 0.717) is 6.04 Å². The summed E-state index contributed by atoms with van der Waals surface area (Å²) in [4.78, 5) is 2.35. The molecule has 0 bridgehead atoms. The zero-order valence-corrected chi connectivity index (χ0v) is 12.4. The largest absolute Gasteiger partial charge is 0.497 e. The van der Waals surface area contributed by atoms with E-state index in [1.54, 1.807) is 7.11 Å². The molecule has 1 aromatic carbocycles. The molecule has 0 spiro atoms. The van der Waals surface area contributed by atoms with Gasteiger partial charge < -0.3 is 10.1 Å². The van der Waals surface area contributed by atoms with Gasteiger partial charge in [0.1, 0.15) is 5.75 Å². The lowest BCUT2D eigenvalue weighted by Crippen LogP contribution is -2.32. The first-order chi connectivity index (χ1) is 8.20. The number of rotatable bonds is 4. The molecule has 2 rings (SSSR count). The molecule has 5 heteroatoms. The number of hydrogen-bond donors (Lipinski definition) is 1. The Morgan fingerprint density at radius 2 is 2.28 bits per heavy atom. The number of halogens is 2. The second-order valence-corrected chi connectivity index (χ2v) is 4.93. The minimum atomic E-state index is 0. The zero-order chi connectivity index (χ0) is 12.3. The van der Waals surface area contributed by atoms with Crippen LogP contribution in [0.5, 0.6) is 5.75 Å². The van der Waals surface area contributed by atoms with E-state index < -0.39 is 0 Å². The van der Waals surface area contributed by atoms with E-state index in [1.165, 1.54) is 6.42 Å². The first-order valence-corrected chi connectivity index (χ1v) is 6.32. The first kappa shape index (κ1) is 15.6. The molecule has 1 aliphatic heterocycles. The van der Waals surface area contributed by atoms with Gasteiger partial charge in [0.25, 0.3) is 0 Å². The Hall–Kier alpha value is -0.480. The van der Waals surface area contributed by atoms with Crippen LogP contribution in [0.25, 0.3) is 0 Å². The Labute approximate surface area is 120 Å². The minimum Gasteiger partial charge on any atom is -0.497 e. The van der Waals surface area contributed by atoms with Crippen LogP contribution in [0, 0.1) is 0 Å². The van der Waals surface area contributed by atoms with Crippen LogP contribution in [-0.2, 0) is 6.54 Å². The third kappa shape index (κ3) is 3.75. The van der Waals surface area contributed by atoms with Crippen LogP contribution < -0.4 is 10.1 Å². The summed E-state index contributed by atoms with van der Waals surface area (Å²) in [5, 5.41) is 4.19. The second-order valence-electron chi connectivity index (χ2n) is 4.52. The maximum absolute atomic E-state index is 6.21. The highest BCUT2D eigenvalue weighted by Gasteiger charge is 2.19. The molecule has 1 atom stereocenters. The van der Waals surface area contributed by atoms with Gasteiger partial charge in [-0.1, -0.05) is 11.6 Å². The fourth-order valence-corrected chi connectivity index (χ4v) is 2.39. The topological polar surface area (TPSA) is 24.5 Å². The van der Waals surface area contributed by atoms with Crippen LogP contribution in [0.1, 0.15) is 12.0 Å². The zero-order valence-electron chi connectivity index (χ0n) is 10.8. The number of ether oxygens (including phenoxy) is 1. The molecule has 3 nitrogen and oxygen atoms in total. The number of hydrogen-bond acceptors (Lipinski definition) is 3. The van der Waals surface area contributed by atoms with E-state index in [2.05, 4.69) is 17.3 Å². The summed E-state index contributed by atoms with van der Waals surface area (Å²) in [6.07, 6.45) is 1.21. The monoisotopic (exact) mass is 290 g/mol. The maximum Gasteiger partial charge on any atom is 0.119 e. The Bertz CT molecular complexity index is 381. The van der Waals surface area contributed by atoms with Crippen LogP contribution in [0.3, 0.4) is 0 Å². The summed E-state index contributed by atoms with van der Waals surface area (Å²) in [5.41, 5.74) is 1.13. The Kier molecular flexibility index (Phi) is 6.22. The minimum absolute atomic E-state index is 0. The van der Waals surface area contributed by atoms with Gasteiger partial charge in [-0.25, -0.2) is 0 Å². The Balaban J connectivity index is 0.00000162. The molecule has 0 amide bonds. The van der Waals surface area contributed by atoms with E-state index in [1.807, 2.05) is 18.2 Å². The molecule has 1 heterocycles. The molecule has 0 aliphatic carbocycles. The number of methoxy groups -OCH3 is 1. The number of nitrogens with zero attached hydrogens (tertiary/aromatic N) is 1. The molecule has 1 N–H and O–H groups in total. The smallest absolute Gasteiger partial charge is 0.119 e. The molecule has 1 saturated heterocycles. The molecule has 102 valence electrons. The molecule has 18 heavy (non-hydrogen) atoms. The van der Waals surface area contributed by atoms with Gasteiger partial charge in [-0.2, -0.15) is 0 Å². The normalized spacial score (nSPS) is 18.8. The van der Waals surface area contributed by atoms with Gasteiger partial charge in [0.2, 0.25) is 0 Å². The predicted octanol–water partition coefficient (Wildman–Crippen LogP) is 2.56. The van der Waals surface area contributed by atoms with Gasteiger partial charge in [-0.15, -0.1) is 12.4 Å². The fourth-order valence-electron chi connectivity index (χ4n) is 2.21. The summed E-state index contributed by atoms with van der Waals surface area (Å²) >= 11 is 6.21. The quantitative estimate of drug-likeness (QED) is 0.922. The van der Waals surface area contributed by atoms with E-state index in [9.17, 15) is 0 Å². The lowest BCUT2D eigenvalue weighted by atomic mass is 10.1. The SMILES string of the molecule is COc1ccc(Cl)c(CN(C)C2CCNC2)c1.Cl. The average molecular weight is 291 g/mol. The van der Waals surface area contributed by atoms with Gasteiger partial charge in [0.05, 0.1) is 7.11 Å². The third-order valence-electron chi connectivity index (χ3n) is 3.33. The molecular formula is C13H20Cl2N2O. The van der Waals surface area contributed by atoms with Gasteiger partial charge in [0, 0.05) is 24.2 Å². The molecule has 1 fully saturated rings. The van der Waals surface area contributed by atoms with Crippen molar-refractivity contribution < 1.29 is 4.74 Å². The lowest BCUT2D eigenvalue weighted by molar-refractivity contribution is 0.248. The van der Waals surface area contributed by atoms with E-state index >= 15 is 0 Å². The number of benzene rings is 1. The molecule has 0 radical (unpaired) electrons. The maximum atomic E-state index is 6.21. The summed E-state index contributed by atoms with van der Waals surface area (Å²) in [5.74, 6) is 0.863.